The minimum absolute atomic E-state index is 0.0248. The van der Waals surface area contributed by atoms with E-state index in [2.05, 4.69) is 27.3 Å². The molecule has 2 aliphatic rings. The molecule has 1 unspecified atom stereocenters. The van der Waals surface area contributed by atoms with E-state index in [4.69, 9.17) is 8.85 Å². The SMILES string of the molecule is CCO[Si](C)(OC(C)(C)C1CCC1)C1CCCC1. The molecule has 0 aromatic carbocycles. The van der Waals surface area contributed by atoms with Crippen molar-refractivity contribution in [3.05, 3.63) is 0 Å². The Morgan fingerprint density at radius 2 is 1.67 bits per heavy atom. The predicted octanol–water partition coefficient (Wildman–Crippen LogP) is 4.63. The van der Waals surface area contributed by atoms with E-state index in [-0.39, 0.29) is 5.60 Å². The van der Waals surface area contributed by atoms with Gasteiger partial charge in [-0.15, -0.1) is 0 Å². The molecule has 106 valence electrons. The lowest BCUT2D eigenvalue weighted by Crippen LogP contribution is -2.53. The van der Waals surface area contributed by atoms with Gasteiger partial charge in [-0.3, -0.25) is 0 Å². The molecule has 0 aromatic heterocycles. The molecule has 0 radical (unpaired) electrons. The van der Waals surface area contributed by atoms with Gasteiger partial charge >= 0.3 is 8.56 Å². The van der Waals surface area contributed by atoms with Gasteiger partial charge in [0.1, 0.15) is 0 Å². The number of hydrogen-bond acceptors (Lipinski definition) is 2. The summed E-state index contributed by atoms with van der Waals surface area (Å²) in [6.07, 6.45) is 9.45. The molecule has 0 amide bonds. The van der Waals surface area contributed by atoms with E-state index in [0.29, 0.717) is 0 Å². The summed E-state index contributed by atoms with van der Waals surface area (Å²) in [7, 11) is -2.00. The van der Waals surface area contributed by atoms with Crippen LogP contribution in [0.25, 0.3) is 0 Å². The highest BCUT2D eigenvalue weighted by molar-refractivity contribution is 6.67. The summed E-state index contributed by atoms with van der Waals surface area (Å²) >= 11 is 0. The first-order valence-electron chi connectivity index (χ1n) is 7.82. The Kier molecular flexibility index (Phi) is 4.55. The van der Waals surface area contributed by atoms with Crippen LogP contribution in [0.5, 0.6) is 0 Å². The molecule has 0 spiro atoms. The highest BCUT2D eigenvalue weighted by Gasteiger charge is 2.48. The van der Waals surface area contributed by atoms with Gasteiger partial charge < -0.3 is 8.85 Å². The fourth-order valence-electron chi connectivity index (χ4n) is 3.68. The molecule has 2 nitrogen and oxygen atoms in total. The smallest absolute Gasteiger partial charge is 0.338 e. The lowest BCUT2D eigenvalue weighted by molar-refractivity contribution is -0.0289. The third kappa shape index (κ3) is 2.99. The van der Waals surface area contributed by atoms with Crippen LogP contribution in [0.2, 0.25) is 12.1 Å². The second-order valence-electron chi connectivity index (χ2n) is 6.76. The summed E-state index contributed by atoms with van der Waals surface area (Å²) in [5.74, 6) is 0.756. The zero-order valence-electron chi connectivity index (χ0n) is 12.6. The predicted molar refractivity (Wildman–Crippen MR) is 78.0 cm³/mol. The molecule has 2 fully saturated rings. The largest absolute Gasteiger partial charge is 0.394 e. The average molecular weight is 270 g/mol. The van der Waals surface area contributed by atoms with Gasteiger partial charge in [-0.2, -0.15) is 0 Å². The van der Waals surface area contributed by atoms with Crippen molar-refractivity contribution in [1.29, 1.82) is 0 Å². The van der Waals surface area contributed by atoms with E-state index in [1.54, 1.807) is 0 Å². The van der Waals surface area contributed by atoms with Gasteiger partial charge in [-0.05, 0) is 58.9 Å². The molecular formula is C15H30O2Si. The zero-order valence-corrected chi connectivity index (χ0v) is 13.6. The Bertz CT molecular complexity index is 270. The van der Waals surface area contributed by atoms with E-state index in [9.17, 15) is 0 Å². The summed E-state index contributed by atoms with van der Waals surface area (Å²) in [5, 5.41) is 0. The topological polar surface area (TPSA) is 18.5 Å². The van der Waals surface area contributed by atoms with E-state index < -0.39 is 8.56 Å². The first-order chi connectivity index (χ1) is 8.48. The second kappa shape index (κ2) is 5.64. The maximum Gasteiger partial charge on any atom is 0.338 e. The second-order valence-corrected chi connectivity index (χ2v) is 10.1. The number of rotatable bonds is 6. The first-order valence-corrected chi connectivity index (χ1v) is 10.2. The fourth-order valence-corrected chi connectivity index (χ4v) is 7.38. The third-order valence-electron chi connectivity index (χ3n) is 5.08. The Hall–Kier alpha value is 0.137. The number of hydrogen-bond donors (Lipinski definition) is 0. The fraction of sp³-hybridized carbons (Fsp3) is 1.00. The Morgan fingerprint density at radius 3 is 2.11 bits per heavy atom. The lowest BCUT2D eigenvalue weighted by atomic mass is 9.75. The molecule has 18 heavy (non-hydrogen) atoms. The van der Waals surface area contributed by atoms with Crippen molar-refractivity contribution in [1.82, 2.24) is 0 Å². The van der Waals surface area contributed by atoms with Crippen LogP contribution in [0.1, 0.15) is 65.7 Å². The highest BCUT2D eigenvalue weighted by Crippen LogP contribution is 2.45. The quantitative estimate of drug-likeness (QED) is 0.655. The molecule has 2 rings (SSSR count). The minimum Gasteiger partial charge on any atom is -0.394 e. The molecule has 0 aliphatic heterocycles. The van der Waals surface area contributed by atoms with Gasteiger partial charge in [0.25, 0.3) is 0 Å². The summed E-state index contributed by atoms with van der Waals surface area (Å²) < 4.78 is 12.9. The van der Waals surface area contributed by atoms with Crippen molar-refractivity contribution in [3.8, 4) is 0 Å². The maximum atomic E-state index is 6.67. The summed E-state index contributed by atoms with van der Waals surface area (Å²) in [6, 6.07) is 0. The average Bonchev–Trinajstić information content (AvgIpc) is 2.65. The van der Waals surface area contributed by atoms with Crippen LogP contribution in [0.4, 0.5) is 0 Å². The Labute approximate surface area is 114 Å². The van der Waals surface area contributed by atoms with E-state index in [1.165, 1.54) is 44.9 Å². The third-order valence-corrected chi connectivity index (χ3v) is 8.94. The van der Waals surface area contributed by atoms with Crippen LogP contribution < -0.4 is 0 Å². The van der Waals surface area contributed by atoms with Gasteiger partial charge in [0.05, 0.1) is 5.60 Å². The standard InChI is InChI=1S/C15H30O2Si/c1-5-16-18(4,14-11-6-7-12-14)17-15(2,3)13-9-8-10-13/h13-14H,5-12H2,1-4H3. The summed E-state index contributed by atoms with van der Waals surface area (Å²) in [6.45, 7) is 9.80. The molecule has 0 aromatic rings. The molecule has 0 bridgehead atoms. The van der Waals surface area contributed by atoms with Crippen LogP contribution in [0, 0.1) is 5.92 Å². The summed E-state index contributed by atoms with van der Waals surface area (Å²) in [5.41, 5.74) is 0.744. The molecule has 2 saturated carbocycles. The van der Waals surface area contributed by atoms with Crippen molar-refractivity contribution in [2.45, 2.75) is 83.4 Å². The first kappa shape index (κ1) is 14.5. The Morgan fingerprint density at radius 1 is 1.06 bits per heavy atom. The van der Waals surface area contributed by atoms with E-state index in [1.807, 2.05) is 0 Å². The van der Waals surface area contributed by atoms with E-state index in [0.717, 1.165) is 18.1 Å². The molecular weight excluding hydrogens is 240 g/mol. The minimum atomic E-state index is -2.00. The van der Waals surface area contributed by atoms with Gasteiger partial charge in [0.15, 0.2) is 0 Å². The molecule has 3 heteroatoms. The summed E-state index contributed by atoms with van der Waals surface area (Å²) in [4.78, 5) is 0. The molecule has 0 N–H and O–H groups in total. The monoisotopic (exact) mass is 270 g/mol. The van der Waals surface area contributed by atoms with Crippen molar-refractivity contribution < 1.29 is 8.85 Å². The van der Waals surface area contributed by atoms with Crippen molar-refractivity contribution in [2.75, 3.05) is 6.61 Å². The molecule has 0 saturated heterocycles. The van der Waals surface area contributed by atoms with Crippen LogP contribution in [0.3, 0.4) is 0 Å². The molecule has 2 aliphatic carbocycles. The van der Waals surface area contributed by atoms with Crippen molar-refractivity contribution in [3.63, 3.8) is 0 Å². The maximum absolute atomic E-state index is 6.67. The van der Waals surface area contributed by atoms with Gasteiger partial charge in [-0.25, -0.2) is 0 Å². The Balaban J connectivity index is 2.03. The van der Waals surface area contributed by atoms with Gasteiger partial charge in [-0.1, -0.05) is 19.3 Å². The van der Waals surface area contributed by atoms with Crippen molar-refractivity contribution >= 4 is 8.56 Å². The van der Waals surface area contributed by atoms with E-state index >= 15 is 0 Å². The van der Waals surface area contributed by atoms with Crippen LogP contribution in [0.15, 0.2) is 0 Å². The highest BCUT2D eigenvalue weighted by atomic mass is 28.4. The van der Waals surface area contributed by atoms with Gasteiger partial charge in [0, 0.05) is 12.1 Å². The van der Waals surface area contributed by atoms with Gasteiger partial charge in [0.2, 0.25) is 0 Å². The van der Waals surface area contributed by atoms with Crippen LogP contribution in [-0.2, 0) is 8.85 Å². The molecule has 0 heterocycles. The van der Waals surface area contributed by atoms with Crippen LogP contribution >= 0.6 is 0 Å². The zero-order chi connectivity index (χ0) is 13.2. The lowest BCUT2D eigenvalue weighted by Gasteiger charge is -2.46. The molecule has 1 atom stereocenters. The normalized spacial score (nSPS) is 26.0. The van der Waals surface area contributed by atoms with Crippen LogP contribution in [-0.4, -0.2) is 20.8 Å². The van der Waals surface area contributed by atoms with Crippen molar-refractivity contribution in [2.24, 2.45) is 5.92 Å².